The second-order valence-electron chi connectivity index (χ2n) is 11.5. The zero-order valence-electron chi connectivity index (χ0n) is 28.1. The van der Waals surface area contributed by atoms with Crippen LogP contribution in [-0.4, -0.2) is 32.8 Å². The van der Waals surface area contributed by atoms with Crippen molar-refractivity contribution in [2.75, 3.05) is 0 Å². The van der Waals surface area contributed by atoms with Crippen LogP contribution in [0.15, 0.2) is 121 Å². The number of aromatic nitrogens is 1. The lowest BCUT2D eigenvalue weighted by molar-refractivity contribution is -0.0502. The molecule has 4 aromatic carbocycles. The van der Waals surface area contributed by atoms with Crippen LogP contribution in [0.25, 0.3) is 50.2 Å². The number of benzene rings is 4. The lowest BCUT2D eigenvalue weighted by atomic mass is 9.89. The Morgan fingerprint density at radius 3 is 1.78 bits per heavy atom. The average molecular weight is 792 g/mol. The van der Waals surface area contributed by atoms with Crippen LogP contribution >= 0.6 is 0 Å². The number of alkyl halides is 6. The number of nitrogens with zero attached hydrogens (tertiary/aromatic N) is 1. The van der Waals surface area contributed by atoms with Gasteiger partial charge in [0.15, 0.2) is 0 Å². The summed E-state index contributed by atoms with van der Waals surface area (Å²) in [6.07, 6.45) is 8.09. The summed E-state index contributed by atoms with van der Waals surface area (Å²) in [7, 11) is -12.8. The van der Waals surface area contributed by atoms with Crippen LogP contribution in [-0.2, 0) is 20.2 Å². The van der Waals surface area contributed by atoms with Crippen LogP contribution in [0.4, 0.5) is 30.7 Å². The van der Waals surface area contributed by atoms with E-state index in [2.05, 4.69) is 13.4 Å². The van der Waals surface area contributed by atoms with E-state index in [1.165, 1.54) is 12.3 Å². The third kappa shape index (κ3) is 8.82. The highest BCUT2D eigenvalue weighted by atomic mass is 32.2. The Bertz CT molecular complexity index is 2380. The fourth-order valence-electron chi connectivity index (χ4n) is 5.36. The maximum atomic E-state index is 15.0. The first-order valence-electron chi connectivity index (χ1n) is 15.8. The Morgan fingerprint density at radius 1 is 0.667 bits per heavy atom. The van der Waals surface area contributed by atoms with E-state index in [0.717, 1.165) is 35.3 Å². The molecule has 0 aliphatic heterocycles. The molecule has 1 heterocycles. The van der Waals surface area contributed by atoms with Gasteiger partial charge in [-0.05, 0) is 82.6 Å². The van der Waals surface area contributed by atoms with Crippen molar-refractivity contribution < 1.29 is 55.9 Å². The molecule has 0 N–H and O–H groups in total. The van der Waals surface area contributed by atoms with Gasteiger partial charge in [-0.1, -0.05) is 85.8 Å². The molecule has 0 spiro atoms. The van der Waals surface area contributed by atoms with Gasteiger partial charge in [-0.2, -0.15) is 43.2 Å². The monoisotopic (exact) mass is 791 g/mol. The molecule has 0 saturated carbocycles. The lowest BCUT2D eigenvalue weighted by Gasteiger charge is -2.18. The van der Waals surface area contributed by atoms with Crippen LogP contribution in [0.3, 0.4) is 0 Å². The second kappa shape index (κ2) is 15.5. The fourth-order valence-corrected chi connectivity index (χ4v) is 6.25. The molecule has 5 rings (SSSR count). The van der Waals surface area contributed by atoms with E-state index >= 15 is 0 Å². The summed E-state index contributed by atoms with van der Waals surface area (Å²) in [5, 5.41) is 0. The molecule has 1 aromatic heterocycles. The van der Waals surface area contributed by atoms with Gasteiger partial charge < -0.3 is 8.37 Å². The standard InChI is InChI=1S/C38H28F7NO6S2/c1-3-8-24(9-4-2)25-12-14-26(15-13-25)34-22-36(27-10-6-5-7-11-27)46-23-35(34)32-17-16-29(39)20-33(32)28-18-30(51-53(47,48)37(40,41)42)21-31(19-28)52-54(49,50)38(43,44)45/h3,5-23H,4H2,1-2H3/b8-3-,24-9+. The van der Waals surface area contributed by atoms with Gasteiger partial charge in [0.1, 0.15) is 17.3 Å². The Balaban J connectivity index is 1.76. The molecule has 7 nitrogen and oxygen atoms in total. The molecule has 0 amide bonds. The largest absolute Gasteiger partial charge is 0.534 e. The van der Waals surface area contributed by atoms with E-state index < -0.39 is 54.1 Å². The maximum absolute atomic E-state index is 15.0. The van der Waals surface area contributed by atoms with E-state index in [4.69, 9.17) is 0 Å². The molecule has 0 bridgehead atoms. The van der Waals surface area contributed by atoms with Gasteiger partial charge in [0.25, 0.3) is 0 Å². The number of pyridine rings is 1. The number of rotatable bonds is 11. The van der Waals surface area contributed by atoms with E-state index in [1.807, 2.05) is 74.5 Å². The molecule has 282 valence electrons. The maximum Gasteiger partial charge on any atom is 0.534 e. The van der Waals surface area contributed by atoms with Crippen molar-refractivity contribution in [2.45, 2.75) is 31.3 Å². The SMILES string of the molecule is C/C=C\C(=C/CC)c1ccc(-c2cc(-c3ccccc3)ncc2-c2ccc(F)cc2-c2cc(OS(=O)(=O)C(F)(F)F)cc(OS(=O)(=O)C(F)(F)F)c2)cc1. The molecule has 0 saturated heterocycles. The van der Waals surface area contributed by atoms with Gasteiger partial charge in [0, 0.05) is 23.4 Å². The van der Waals surface area contributed by atoms with Gasteiger partial charge in [0.05, 0.1) is 5.69 Å². The van der Waals surface area contributed by atoms with Crippen LogP contribution in [0, 0.1) is 5.82 Å². The van der Waals surface area contributed by atoms with Gasteiger partial charge in [-0.15, -0.1) is 0 Å². The van der Waals surface area contributed by atoms with Crippen molar-refractivity contribution in [3.05, 3.63) is 133 Å². The van der Waals surface area contributed by atoms with Crippen molar-refractivity contribution in [2.24, 2.45) is 0 Å². The normalized spacial score (nSPS) is 12.9. The fraction of sp³-hybridized carbons (Fsp3) is 0.132. The van der Waals surface area contributed by atoms with Crippen LogP contribution < -0.4 is 8.37 Å². The molecular weight excluding hydrogens is 764 g/mol. The second-order valence-corrected chi connectivity index (χ2v) is 14.6. The molecule has 0 aliphatic rings. The summed E-state index contributed by atoms with van der Waals surface area (Å²) in [5.74, 6) is -3.48. The van der Waals surface area contributed by atoms with Crippen molar-refractivity contribution in [3.63, 3.8) is 0 Å². The third-order valence-electron chi connectivity index (χ3n) is 7.71. The first kappa shape index (κ1) is 39.7. The van der Waals surface area contributed by atoms with E-state index in [1.54, 1.807) is 18.2 Å². The van der Waals surface area contributed by atoms with Crippen LogP contribution in [0.1, 0.15) is 25.8 Å². The van der Waals surface area contributed by atoms with Gasteiger partial charge in [-0.3, -0.25) is 4.98 Å². The summed E-state index contributed by atoms with van der Waals surface area (Å²) in [6.45, 7) is 3.88. The minimum absolute atomic E-state index is 0.114. The Hall–Kier alpha value is -5.48. The van der Waals surface area contributed by atoms with Crippen molar-refractivity contribution in [1.82, 2.24) is 4.98 Å². The van der Waals surface area contributed by atoms with Crippen LogP contribution in [0.2, 0.25) is 0 Å². The van der Waals surface area contributed by atoms with Crippen molar-refractivity contribution >= 4 is 25.8 Å². The van der Waals surface area contributed by atoms with Gasteiger partial charge in [0.2, 0.25) is 0 Å². The summed E-state index contributed by atoms with van der Waals surface area (Å²) >= 11 is 0. The van der Waals surface area contributed by atoms with E-state index in [9.17, 15) is 47.6 Å². The average Bonchev–Trinajstić information content (AvgIpc) is 3.10. The summed E-state index contributed by atoms with van der Waals surface area (Å²) in [6, 6.07) is 22.8. The zero-order chi connectivity index (χ0) is 39.5. The van der Waals surface area contributed by atoms with E-state index in [0.29, 0.717) is 34.5 Å². The Morgan fingerprint density at radius 2 is 1.24 bits per heavy atom. The molecule has 5 aromatic rings. The number of hydrogen-bond donors (Lipinski definition) is 0. The molecule has 0 atom stereocenters. The number of allylic oxidation sites excluding steroid dienone is 4. The predicted octanol–water partition coefficient (Wildman–Crippen LogP) is 10.7. The van der Waals surface area contributed by atoms with Crippen molar-refractivity contribution in [3.8, 4) is 56.1 Å². The number of halogens is 7. The molecule has 0 fully saturated rings. The quantitative estimate of drug-likeness (QED) is 0.0568. The molecule has 0 radical (unpaired) electrons. The smallest absolute Gasteiger partial charge is 0.376 e. The lowest BCUT2D eigenvalue weighted by Crippen LogP contribution is -2.29. The molecule has 54 heavy (non-hydrogen) atoms. The third-order valence-corrected chi connectivity index (χ3v) is 9.67. The molecule has 0 aliphatic carbocycles. The highest BCUT2D eigenvalue weighted by molar-refractivity contribution is 7.88. The topological polar surface area (TPSA) is 99.6 Å². The zero-order valence-corrected chi connectivity index (χ0v) is 29.7. The summed E-state index contributed by atoms with van der Waals surface area (Å²) in [4.78, 5) is 4.58. The predicted molar refractivity (Wildman–Crippen MR) is 190 cm³/mol. The first-order valence-corrected chi connectivity index (χ1v) is 18.6. The van der Waals surface area contributed by atoms with Crippen LogP contribution in [0.5, 0.6) is 11.5 Å². The van der Waals surface area contributed by atoms with Gasteiger partial charge >= 0.3 is 31.3 Å². The minimum Gasteiger partial charge on any atom is -0.376 e. The highest BCUT2D eigenvalue weighted by Gasteiger charge is 2.50. The van der Waals surface area contributed by atoms with Gasteiger partial charge in [-0.25, -0.2) is 4.39 Å². The summed E-state index contributed by atoms with van der Waals surface area (Å²) in [5.41, 5.74) is -8.00. The van der Waals surface area contributed by atoms with E-state index in [-0.39, 0.29) is 17.2 Å². The highest BCUT2D eigenvalue weighted by Crippen LogP contribution is 2.43. The Labute approximate surface area is 306 Å². The molecule has 0 unspecified atom stereocenters. The number of hydrogen-bond acceptors (Lipinski definition) is 7. The Kier molecular flexibility index (Phi) is 11.4. The van der Waals surface area contributed by atoms with Crippen molar-refractivity contribution in [1.29, 1.82) is 0 Å². The minimum atomic E-state index is -6.42. The first-order chi connectivity index (χ1) is 25.3. The summed E-state index contributed by atoms with van der Waals surface area (Å²) < 4.78 is 150. The molecular formula is C38H28F7NO6S2. The molecule has 16 heteroatoms.